The number of carbonyl (C=O) groups excluding carboxylic acids is 1. The Morgan fingerprint density at radius 1 is 1.12 bits per heavy atom. The van der Waals surface area contributed by atoms with Gasteiger partial charge in [-0.05, 0) is 44.0 Å². The van der Waals surface area contributed by atoms with E-state index < -0.39 is 16.0 Å². The highest BCUT2D eigenvalue weighted by Gasteiger charge is 2.22. The van der Waals surface area contributed by atoms with Crippen molar-refractivity contribution in [3.05, 3.63) is 53.1 Å². The van der Waals surface area contributed by atoms with Crippen LogP contribution in [-0.4, -0.2) is 28.6 Å². The number of aryl methyl sites for hydroxylation is 2. The first-order valence-electron chi connectivity index (χ1n) is 8.58. The van der Waals surface area contributed by atoms with E-state index in [9.17, 15) is 9.00 Å². The molecule has 1 aliphatic heterocycles. The summed E-state index contributed by atoms with van der Waals surface area (Å²) in [5.41, 5.74) is 3.83. The van der Waals surface area contributed by atoms with E-state index in [1.54, 1.807) is 25.1 Å². The molecular weight excluding hydrogens is 350 g/mol. The number of benzene rings is 2. The number of anilines is 1. The minimum atomic E-state index is -1.31. The third-order valence-corrected chi connectivity index (χ3v) is 5.97. The number of ether oxygens (including phenoxy) is 2. The van der Waals surface area contributed by atoms with Crippen LogP contribution >= 0.6 is 0 Å². The number of carbonyl (C=O) groups is 1. The fraction of sp³-hybridized carbons (Fsp3) is 0.350. The fourth-order valence-corrected chi connectivity index (χ4v) is 3.88. The molecule has 0 spiro atoms. The first-order valence-corrected chi connectivity index (χ1v) is 9.96. The van der Waals surface area contributed by atoms with Gasteiger partial charge in [-0.25, -0.2) is 0 Å². The van der Waals surface area contributed by atoms with Gasteiger partial charge in [0.05, 0.1) is 0 Å². The lowest BCUT2D eigenvalue weighted by atomic mass is 10.1. The predicted molar refractivity (Wildman–Crippen MR) is 103 cm³/mol. The van der Waals surface area contributed by atoms with E-state index in [1.807, 2.05) is 32.0 Å². The molecule has 2 aromatic carbocycles. The van der Waals surface area contributed by atoms with Gasteiger partial charge in [-0.1, -0.05) is 23.8 Å². The van der Waals surface area contributed by atoms with E-state index >= 15 is 0 Å². The van der Waals surface area contributed by atoms with Gasteiger partial charge in [0.2, 0.25) is 5.91 Å². The first-order chi connectivity index (χ1) is 12.4. The van der Waals surface area contributed by atoms with Crippen molar-refractivity contribution in [3.8, 4) is 11.5 Å². The zero-order valence-corrected chi connectivity index (χ0v) is 16.0. The van der Waals surface area contributed by atoms with Crippen molar-refractivity contribution in [2.75, 3.05) is 18.5 Å². The predicted octanol–water partition coefficient (Wildman–Crippen LogP) is 3.35. The van der Waals surface area contributed by atoms with Crippen molar-refractivity contribution >= 4 is 22.4 Å². The summed E-state index contributed by atoms with van der Waals surface area (Å²) >= 11 is 0. The minimum absolute atomic E-state index is 0.273. The topological polar surface area (TPSA) is 64.6 Å². The van der Waals surface area contributed by atoms with Crippen LogP contribution in [0, 0.1) is 13.8 Å². The van der Waals surface area contributed by atoms with E-state index in [0.29, 0.717) is 36.2 Å². The summed E-state index contributed by atoms with van der Waals surface area (Å²) in [6, 6.07) is 11.3. The fourth-order valence-electron chi connectivity index (χ4n) is 2.72. The van der Waals surface area contributed by atoms with Gasteiger partial charge >= 0.3 is 0 Å². The number of fused-ring (bicyclic) bond motifs is 1. The molecule has 0 radical (unpaired) electrons. The molecule has 0 fully saturated rings. The van der Waals surface area contributed by atoms with Crippen LogP contribution in [0.3, 0.4) is 0 Å². The summed E-state index contributed by atoms with van der Waals surface area (Å²) in [6.07, 6.45) is 0. The summed E-state index contributed by atoms with van der Waals surface area (Å²) < 4.78 is 23.6. The molecule has 0 saturated heterocycles. The molecule has 1 heterocycles. The van der Waals surface area contributed by atoms with Crippen molar-refractivity contribution in [2.24, 2.45) is 0 Å². The molecule has 0 bridgehead atoms. The molecular formula is C20H23NO4S. The van der Waals surface area contributed by atoms with Crippen molar-refractivity contribution in [1.82, 2.24) is 0 Å². The lowest BCUT2D eigenvalue weighted by Crippen LogP contribution is -2.30. The number of hydrogen-bond donors (Lipinski definition) is 1. The second-order valence-electron chi connectivity index (χ2n) is 6.44. The van der Waals surface area contributed by atoms with Crippen LogP contribution in [0.1, 0.15) is 23.6 Å². The zero-order chi connectivity index (χ0) is 18.7. The summed E-state index contributed by atoms with van der Waals surface area (Å²) in [6.45, 7) is 6.69. The molecule has 0 aliphatic carbocycles. The van der Waals surface area contributed by atoms with Crippen LogP contribution in [0.4, 0.5) is 5.69 Å². The molecule has 0 aromatic heterocycles. The molecule has 0 saturated carbocycles. The van der Waals surface area contributed by atoms with E-state index in [-0.39, 0.29) is 5.91 Å². The van der Waals surface area contributed by atoms with Crippen molar-refractivity contribution in [2.45, 2.75) is 31.8 Å². The average molecular weight is 373 g/mol. The highest BCUT2D eigenvalue weighted by molar-refractivity contribution is 7.85. The average Bonchev–Trinajstić information content (AvgIpc) is 2.64. The Hall–Kier alpha value is -2.34. The zero-order valence-electron chi connectivity index (χ0n) is 15.2. The van der Waals surface area contributed by atoms with Crippen LogP contribution < -0.4 is 14.8 Å². The summed E-state index contributed by atoms with van der Waals surface area (Å²) in [7, 11) is -1.31. The number of rotatable bonds is 5. The smallest absolute Gasteiger partial charge is 0.239 e. The Bertz CT molecular complexity index is 850. The van der Waals surface area contributed by atoms with Crippen molar-refractivity contribution in [3.63, 3.8) is 0 Å². The van der Waals surface area contributed by atoms with Gasteiger partial charge in [0.25, 0.3) is 0 Å². The molecule has 6 heteroatoms. The maximum absolute atomic E-state index is 12.6. The molecule has 1 N–H and O–H groups in total. The Morgan fingerprint density at radius 3 is 2.62 bits per heavy atom. The molecule has 1 amide bonds. The van der Waals surface area contributed by atoms with Crippen LogP contribution in [0.25, 0.3) is 0 Å². The van der Waals surface area contributed by atoms with E-state index in [2.05, 4.69) is 5.32 Å². The Balaban J connectivity index is 1.65. The monoisotopic (exact) mass is 373 g/mol. The van der Waals surface area contributed by atoms with Crippen LogP contribution in [-0.2, 0) is 21.3 Å². The molecule has 1 aliphatic rings. The highest BCUT2D eigenvalue weighted by Crippen LogP contribution is 2.32. The number of hydrogen-bond acceptors (Lipinski definition) is 4. The summed E-state index contributed by atoms with van der Waals surface area (Å²) in [4.78, 5) is 12.5. The lowest BCUT2D eigenvalue weighted by molar-refractivity contribution is -0.115. The molecule has 2 aromatic rings. The van der Waals surface area contributed by atoms with Crippen LogP contribution in [0.2, 0.25) is 0 Å². The summed E-state index contributed by atoms with van der Waals surface area (Å²) in [5.74, 6) is 1.37. The Labute approximate surface area is 156 Å². The van der Waals surface area contributed by atoms with Gasteiger partial charge in [-0.3, -0.25) is 9.00 Å². The van der Waals surface area contributed by atoms with E-state index in [0.717, 1.165) is 16.7 Å². The SMILES string of the molecule is Cc1ccc(C)c(C[S@](=O)[C@H](C)C(=O)Nc2ccc3c(c2)OCCO3)c1. The van der Waals surface area contributed by atoms with E-state index in [1.165, 1.54) is 0 Å². The molecule has 5 nitrogen and oxygen atoms in total. The second-order valence-corrected chi connectivity index (χ2v) is 8.20. The van der Waals surface area contributed by atoms with Crippen LogP contribution in [0.15, 0.2) is 36.4 Å². The molecule has 26 heavy (non-hydrogen) atoms. The maximum atomic E-state index is 12.6. The highest BCUT2D eigenvalue weighted by atomic mass is 32.2. The molecule has 0 unspecified atom stereocenters. The number of nitrogens with one attached hydrogen (secondary N) is 1. The van der Waals surface area contributed by atoms with Gasteiger partial charge in [0.15, 0.2) is 11.5 Å². The Kier molecular flexibility index (Phi) is 5.61. The standard InChI is InChI=1S/C20H23NO4S/c1-13-4-5-14(2)16(10-13)12-26(23)15(3)20(22)21-17-6-7-18-19(11-17)25-9-8-24-18/h4-7,10-11,15H,8-9,12H2,1-3H3,(H,21,22)/t15-,26+/m1/s1. The van der Waals surface area contributed by atoms with Gasteiger partial charge in [0.1, 0.15) is 18.5 Å². The largest absolute Gasteiger partial charge is 0.486 e. The van der Waals surface area contributed by atoms with Crippen molar-refractivity contribution in [1.29, 1.82) is 0 Å². The quantitative estimate of drug-likeness (QED) is 0.873. The van der Waals surface area contributed by atoms with Gasteiger partial charge in [0, 0.05) is 28.3 Å². The molecule has 3 rings (SSSR count). The van der Waals surface area contributed by atoms with Crippen LogP contribution in [0.5, 0.6) is 11.5 Å². The molecule has 138 valence electrons. The van der Waals surface area contributed by atoms with Crippen molar-refractivity contribution < 1.29 is 18.5 Å². The second kappa shape index (κ2) is 7.91. The Morgan fingerprint density at radius 2 is 1.85 bits per heavy atom. The van der Waals surface area contributed by atoms with Gasteiger partial charge in [-0.2, -0.15) is 0 Å². The van der Waals surface area contributed by atoms with Gasteiger partial charge < -0.3 is 14.8 Å². The lowest BCUT2D eigenvalue weighted by Gasteiger charge is -2.19. The first kappa shape index (κ1) is 18.5. The third-order valence-electron chi connectivity index (χ3n) is 4.38. The minimum Gasteiger partial charge on any atom is -0.486 e. The summed E-state index contributed by atoms with van der Waals surface area (Å²) in [5, 5.41) is 2.19. The third kappa shape index (κ3) is 4.25. The maximum Gasteiger partial charge on any atom is 0.239 e. The molecule has 2 atom stereocenters. The van der Waals surface area contributed by atoms with Gasteiger partial charge in [-0.15, -0.1) is 0 Å². The number of amides is 1. The normalized spacial score (nSPS) is 15.2. The van der Waals surface area contributed by atoms with E-state index in [4.69, 9.17) is 9.47 Å².